The van der Waals surface area contributed by atoms with Gasteiger partial charge in [0.05, 0.1) is 23.1 Å². The van der Waals surface area contributed by atoms with Crippen molar-refractivity contribution in [2.24, 2.45) is 4.99 Å². The summed E-state index contributed by atoms with van der Waals surface area (Å²) in [6.07, 6.45) is 6.22. The number of carbonyl (C=O) groups is 2. The van der Waals surface area contributed by atoms with Gasteiger partial charge in [-0.2, -0.15) is 4.99 Å². The van der Waals surface area contributed by atoms with Crippen LogP contribution in [0.2, 0.25) is 0 Å². The quantitative estimate of drug-likeness (QED) is 0.461. The van der Waals surface area contributed by atoms with Gasteiger partial charge in [-0.1, -0.05) is 26.2 Å². The number of rotatable bonds is 8. The number of halogens is 1. The summed E-state index contributed by atoms with van der Waals surface area (Å²) < 4.78 is 12.1. The molecule has 8 heteroatoms. The van der Waals surface area contributed by atoms with E-state index in [1.807, 2.05) is 12.1 Å². The lowest BCUT2D eigenvalue weighted by Gasteiger charge is -2.13. The second kappa shape index (κ2) is 10.5. The number of carbonyl (C=O) groups excluding carboxylic acids is 2. The number of hydrogen-bond acceptors (Lipinski definition) is 5. The number of unbranched alkanes of at least 4 members (excludes halogenated alkanes) is 3. The summed E-state index contributed by atoms with van der Waals surface area (Å²) in [7, 11) is 1.58. The Morgan fingerprint density at radius 3 is 2.78 bits per heavy atom. The maximum Gasteiger partial charge on any atom is 0.286 e. The van der Waals surface area contributed by atoms with Crippen molar-refractivity contribution in [2.45, 2.75) is 39.5 Å². The highest BCUT2D eigenvalue weighted by Gasteiger charge is 2.23. The Balaban J connectivity index is 2.12. The molecule has 0 aromatic heterocycles. The highest BCUT2D eigenvalue weighted by molar-refractivity contribution is 9.10. The second-order valence-electron chi connectivity index (χ2n) is 5.96. The molecular formula is C19H23BrN2O4S. The third-order valence-electron chi connectivity index (χ3n) is 3.70. The summed E-state index contributed by atoms with van der Waals surface area (Å²) in [6.45, 7) is 4.17. The topological polar surface area (TPSA) is 77.0 Å². The normalized spacial score (nSPS) is 15.0. The van der Waals surface area contributed by atoms with Crippen molar-refractivity contribution in [2.75, 3.05) is 13.7 Å². The summed E-state index contributed by atoms with van der Waals surface area (Å²) in [4.78, 5) is 27.4. The van der Waals surface area contributed by atoms with Crippen molar-refractivity contribution < 1.29 is 19.1 Å². The summed E-state index contributed by atoms with van der Waals surface area (Å²) in [5, 5.41) is 2.82. The number of nitrogens with zero attached hydrogens (tertiary/aromatic N) is 1. The number of hydrogen-bond donors (Lipinski definition) is 1. The number of amidine groups is 1. The van der Waals surface area contributed by atoms with Gasteiger partial charge in [0, 0.05) is 6.92 Å². The summed E-state index contributed by atoms with van der Waals surface area (Å²) in [6, 6.07) is 3.67. The maximum absolute atomic E-state index is 12.0. The van der Waals surface area contributed by atoms with E-state index in [4.69, 9.17) is 9.47 Å². The molecule has 2 rings (SSSR count). The first-order valence-electron chi connectivity index (χ1n) is 8.75. The highest BCUT2D eigenvalue weighted by Crippen LogP contribution is 2.38. The lowest BCUT2D eigenvalue weighted by atomic mass is 10.2. The Hall–Kier alpha value is -1.80. The van der Waals surface area contributed by atoms with E-state index in [9.17, 15) is 9.59 Å². The first-order valence-corrected chi connectivity index (χ1v) is 10.4. The number of benzene rings is 1. The summed E-state index contributed by atoms with van der Waals surface area (Å²) in [5.41, 5.74) is 0.771. The molecule has 0 unspecified atom stereocenters. The predicted molar refractivity (Wildman–Crippen MR) is 112 cm³/mol. The Labute approximate surface area is 171 Å². The van der Waals surface area contributed by atoms with Crippen LogP contribution in [0.1, 0.15) is 45.1 Å². The molecule has 1 aromatic rings. The average molecular weight is 455 g/mol. The smallest absolute Gasteiger partial charge is 0.286 e. The van der Waals surface area contributed by atoms with Gasteiger partial charge in [-0.05, 0) is 57.9 Å². The predicted octanol–water partition coefficient (Wildman–Crippen LogP) is 4.52. The Morgan fingerprint density at radius 1 is 1.33 bits per heavy atom. The lowest BCUT2D eigenvalue weighted by molar-refractivity contribution is -0.117. The van der Waals surface area contributed by atoms with Gasteiger partial charge in [0.25, 0.3) is 5.91 Å². The second-order valence-corrected chi connectivity index (χ2v) is 7.84. The SMILES string of the molecule is CCCCCCOc1c(Br)cc(/C=C2/SC(NC(C)=O)=NC2=O)cc1OC. The van der Waals surface area contributed by atoms with Crippen molar-refractivity contribution >= 4 is 50.7 Å². The molecule has 1 heterocycles. The summed E-state index contributed by atoms with van der Waals surface area (Å²) >= 11 is 4.65. The molecule has 2 amide bonds. The van der Waals surface area contributed by atoms with Gasteiger partial charge in [0.15, 0.2) is 16.7 Å². The van der Waals surface area contributed by atoms with Crippen LogP contribution in [0.5, 0.6) is 11.5 Å². The van der Waals surface area contributed by atoms with Gasteiger partial charge < -0.3 is 14.8 Å². The van der Waals surface area contributed by atoms with Crippen LogP contribution < -0.4 is 14.8 Å². The Kier molecular flexibility index (Phi) is 8.37. The molecule has 1 aliphatic heterocycles. The fraction of sp³-hybridized carbons (Fsp3) is 0.421. The molecule has 0 spiro atoms. The highest BCUT2D eigenvalue weighted by atomic mass is 79.9. The van der Waals surface area contributed by atoms with Crippen LogP contribution in [0.3, 0.4) is 0 Å². The van der Waals surface area contributed by atoms with Crippen molar-refractivity contribution in [3.63, 3.8) is 0 Å². The van der Waals surface area contributed by atoms with Gasteiger partial charge in [-0.25, -0.2) is 0 Å². The van der Waals surface area contributed by atoms with Crippen LogP contribution >= 0.6 is 27.7 Å². The average Bonchev–Trinajstić information content (AvgIpc) is 2.94. The summed E-state index contributed by atoms with van der Waals surface area (Å²) in [5.74, 6) is 0.595. The molecule has 27 heavy (non-hydrogen) atoms. The number of aliphatic imine (C=N–C) groups is 1. The van der Waals surface area contributed by atoms with E-state index in [2.05, 4.69) is 33.2 Å². The molecule has 1 aliphatic rings. The maximum atomic E-state index is 12.0. The van der Waals surface area contributed by atoms with E-state index in [-0.39, 0.29) is 17.0 Å². The van der Waals surface area contributed by atoms with Crippen molar-refractivity contribution in [1.29, 1.82) is 0 Å². The molecule has 0 radical (unpaired) electrons. The molecule has 0 atom stereocenters. The fourth-order valence-electron chi connectivity index (χ4n) is 2.43. The number of nitrogens with one attached hydrogen (secondary N) is 1. The van der Waals surface area contributed by atoms with Crippen LogP contribution in [-0.2, 0) is 9.59 Å². The van der Waals surface area contributed by atoms with Crippen molar-refractivity contribution in [3.05, 3.63) is 27.1 Å². The zero-order chi connectivity index (χ0) is 19.8. The molecule has 0 saturated heterocycles. The molecule has 0 aliphatic carbocycles. The standard InChI is InChI=1S/C19H23BrN2O4S/c1-4-5-6-7-8-26-17-14(20)9-13(10-15(17)25-3)11-16-18(24)22-19(27-16)21-12(2)23/h9-11H,4-8H2,1-3H3,(H,21,22,23,24)/b16-11+. The number of ether oxygens (including phenoxy) is 2. The molecule has 0 bridgehead atoms. The lowest BCUT2D eigenvalue weighted by Crippen LogP contribution is -2.23. The van der Waals surface area contributed by atoms with E-state index in [0.717, 1.165) is 34.6 Å². The minimum absolute atomic E-state index is 0.264. The van der Waals surface area contributed by atoms with Gasteiger partial charge in [-0.3, -0.25) is 9.59 Å². The van der Waals surface area contributed by atoms with E-state index >= 15 is 0 Å². The first-order chi connectivity index (χ1) is 12.9. The van der Waals surface area contributed by atoms with E-state index in [1.165, 1.54) is 19.8 Å². The van der Waals surface area contributed by atoms with Crippen LogP contribution in [0, 0.1) is 0 Å². The molecule has 1 N–H and O–H groups in total. The Morgan fingerprint density at radius 2 is 2.11 bits per heavy atom. The largest absolute Gasteiger partial charge is 0.493 e. The molecular weight excluding hydrogens is 432 g/mol. The van der Waals surface area contributed by atoms with E-state index in [1.54, 1.807) is 13.2 Å². The first kappa shape index (κ1) is 21.5. The zero-order valence-electron chi connectivity index (χ0n) is 15.6. The third-order valence-corrected chi connectivity index (χ3v) is 5.19. The van der Waals surface area contributed by atoms with Crippen LogP contribution in [0.25, 0.3) is 6.08 Å². The number of amides is 2. The van der Waals surface area contributed by atoms with Gasteiger partial charge in [-0.15, -0.1) is 0 Å². The molecule has 146 valence electrons. The molecule has 0 fully saturated rings. The van der Waals surface area contributed by atoms with E-state index in [0.29, 0.717) is 23.0 Å². The van der Waals surface area contributed by atoms with Crippen LogP contribution in [-0.4, -0.2) is 30.7 Å². The van der Waals surface area contributed by atoms with Gasteiger partial charge >= 0.3 is 0 Å². The fourth-order valence-corrected chi connectivity index (χ4v) is 3.86. The van der Waals surface area contributed by atoms with Crippen molar-refractivity contribution in [1.82, 2.24) is 5.32 Å². The van der Waals surface area contributed by atoms with Gasteiger partial charge in [0.1, 0.15) is 0 Å². The van der Waals surface area contributed by atoms with Crippen LogP contribution in [0.15, 0.2) is 26.5 Å². The molecule has 0 saturated carbocycles. The minimum atomic E-state index is -0.380. The number of methoxy groups -OCH3 is 1. The van der Waals surface area contributed by atoms with Crippen LogP contribution in [0.4, 0.5) is 0 Å². The van der Waals surface area contributed by atoms with Gasteiger partial charge in [0.2, 0.25) is 5.91 Å². The molecule has 6 nitrogen and oxygen atoms in total. The third kappa shape index (κ3) is 6.39. The number of thioether (sulfide) groups is 1. The minimum Gasteiger partial charge on any atom is -0.493 e. The Bertz CT molecular complexity index is 777. The van der Waals surface area contributed by atoms with Crippen molar-refractivity contribution in [3.8, 4) is 11.5 Å². The van der Waals surface area contributed by atoms with E-state index < -0.39 is 0 Å². The monoisotopic (exact) mass is 454 g/mol. The zero-order valence-corrected chi connectivity index (χ0v) is 18.0. The molecule has 1 aromatic carbocycles.